The van der Waals surface area contributed by atoms with Gasteiger partial charge in [0.05, 0.1) is 42.9 Å². The summed E-state index contributed by atoms with van der Waals surface area (Å²) >= 11 is 6.57. The van der Waals surface area contributed by atoms with E-state index in [0.29, 0.717) is 29.4 Å². The summed E-state index contributed by atoms with van der Waals surface area (Å²) in [5, 5.41) is 4.90. The third kappa shape index (κ3) is 3.85. The van der Waals surface area contributed by atoms with E-state index in [1.54, 1.807) is 12.3 Å². The molecule has 5 rings (SSSR count). The van der Waals surface area contributed by atoms with Crippen molar-refractivity contribution in [2.45, 2.75) is 0 Å². The number of anilines is 3. The van der Waals surface area contributed by atoms with Gasteiger partial charge in [-0.1, -0.05) is 23.7 Å². The molecule has 2 aromatic carbocycles. The van der Waals surface area contributed by atoms with E-state index >= 15 is 0 Å². The van der Waals surface area contributed by atoms with Crippen LogP contribution in [-0.2, 0) is 4.74 Å². The van der Waals surface area contributed by atoms with E-state index in [0.717, 1.165) is 41.1 Å². The predicted octanol–water partition coefficient (Wildman–Crippen LogP) is 5.61. The van der Waals surface area contributed by atoms with Gasteiger partial charge in [0.1, 0.15) is 5.65 Å². The van der Waals surface area contributed by atoms with Crippen LogP contribution in [-0.4, -0.2) is 43.4 Å². The maximum Gasteiger partial charge on any atom is 0.165 e. The molecule has 0 spiro atoms. The summed E-state index contributed by atoms with van der Waals surface area (Å²) in [4.78, 5) is 9.88. The van der Waals surface area contributed by atoms with E-state index in [9.17, 15) is 4.39 Å². The van der Waals surface area contributed by atoms with Crippen LogP contribution in [0, 0.1) is 5.82 Å². The molecule has 0 radical (unpaired) electrons. The van der Waals surface area contributed by atoms with E-state index in [4.69, 9.17) is 21.1 Å². The maximum absolute atomic E-state index is 14.2. The number of methoxy groups -OCH3 is 1. The molecule has 1 aliphatic heterocycles. The molecule has 1 aliphatic rings. The Morgan fingerprint density at radius 2 is 1.97 bits per heavy atom. The summed E-state index contributed by atoms with van der Waals surface area (Å²) < 4.78 is 24.9. The zero-order chi connectivity index (χ0) is 22.1. The number of aromatic amines is 1. The number of ether oxygens (including phenoxy) is 2. The highest BCUT2D eigenvalue weighted by Gasteiger charge is 2.16. The predicted molar refractivity (Wildman–Crippen MR) is 126 cm³/mol. The number of fused-ring (bicyclic) bond motifs is 1. The number of nitrogens with zero attached hydrogens (tertiary/aromatic N) is 2. The number of morpholine rings is 1. The summed E-state index contributed by atoms with van der Waals surface area (Å²) in [6.07, 6.45) is 3.56. The fourth-order valence-corrected chi connectivity index (χ4v) is 4.34. The Labute approximate surface area is 189 Å². The summed E-state index contributed by atoms with van der Waals surface area (Å²) in [5.41, 5.74) is 4.83. The first kappa shape index (κ1) is 20.6. The van der Waals surface area contributed by atoms with Gasteiger partial charge in [0.2, 0.25) is 0 Å². The molecule has 0 atom stereocenters. The van der Waals surface area contributed by atoms with Crippen molar-refractivity contribution < 1.29 is 13.9 Å². The van der Waals surface area contributed by atoms with Crippen molar-refractivity contribution in [2.24, 2.45) is 0 Å². The largest absolute Gasteiger partial charge is 0.493 e. The van der Waals surface area contributed by atoms with E-state index in [1.165, 1.54) is 13.2 Å². The van der Waals surface area contributed by atoms with Crippen molar-refractivity contribution in [3.63, 3.8) is 0 Å². The Balaban J connectivity index is 1.45. The Bertz CT molecular complexity index is 1270. The lowest BCUT2D eigenvalue weighted by Crippen LogP contribution is -2.36. The first-order valence-electron chi connectivity index (χ1n) is 10.3. The van der Waals surface area contributed by atoms with Crippen LogP contribution in [0.4, 0.5) is 21.5 Å². The van der Waals surface area contributed by atoms with Gasteiger partial charge < -0.3 is 24.7 Å². The molecule has 4 aromatic rings. The molecule has 0 saturated carbocycles. The third-order valence-electron chi connectivity index (χ3n) is 5.58. The molecule has 1 saturated heterocycles. The number of halogens is 2. The second-order valence-corrected chi connectivity index (χ2v) is 7.94. The molecule has 6 nitrogen and oxygen atoms in total. The molecule has 0 bridgehead atoms. The number of rotatable bonds is 5. The van der Waals surface area contributed by atoms with Gasteiger partial charge >= 0.3 is 0 Å². The zero-order valence-electron chi connectivity index (χ0n) is 17.5. The summed E-state index contributed by atoms with van der Waals surface area (Å²) in [6, 6.07) is 12.8. The van der Waals surface area contributed by atoms with Crippen LogP contribution in [0.25, 0.3) is 22.2 Å². The van der Waals surface area contributed by atoms with Crippen molar-refractivity contribution in [1.82, 2.24) is 9.97 Å². The number of benzene rings is 2. The number of para-hydroxylation sites is 1. The third-order valence-corrected chi connectivity index (χ3v) is 5.88. The SMILES string of the molecule is COc1c(F)cccc1-c1c[nH]c2ncc(Nc3ccc(N4CCOCC4)c(Cl)c3)cc12. The fraction of sp³-hybridized carbons (Fsp3) is 0.208. The average Bonchev–Trinajstić information content (AvgIpc) is 3.23. The first-order chi connectivity index (χ1) is 15.6. The van der Waals surface area contributed by atoms with Crippen molar-refractivity contribution in [1.29, 1.82) is 0 Å². The molecule has 0 unspecified atom stereocenters. The fourth-order valence-electron chi connectivity index (χ4n) is 4.03. The molecule has 2 N–H and O–H groups in total. The summed E-state index contributed by atoms with van der Waals surface area (Å²) in [5.74, 6) is -0.200. The lowest BCUT2D eigenvalue weighted by molar-refractivity contribution is 0.122. The van der Waals surface area contributed by atoms with E-state index in [2.05, 4.69) is 20.2 Å². The van der Waals surface area contributed by atoms with Crippen LogP contribution in [0.2, 0.25) is 5.02 Å². The van der Waals surface area contributed by atoms with E-state index in [-0.39, 0.29) is 5.75 Å². The average molecular weight is 453 g/mol. The van der Waals surface area contributed by atoms with Crippen molar-refractivity contribution >= 4 is 39.7 Å². The molecular weight excluding hydrogens is 431 g/mol. The highest BCUT2D eigenvalue weighted by Crippen LogP contribution is 2.37. The minimum atomic E-state index is -0.406. The number of H-pyrrole nitrogens is 1. The second kappa shape index (κ2) is 8.68. The van der Waals surface area contributed by atoms with Crippen LogP contribution in [0.3, 0.4) is 0 Å². The highest BCUT2D eigenvalue weighted by molar-refractivity contribution is 6.33. The highest BCUT2D eigenvalue weighted by atomic mass is 35.5. The van der Waals surface area contributed by atoms with Gasteiger partial charge in [-0.2, -0.15) is 0 Å². The molecule has 0 aliphatic carbocycles. The van der Waals surface area contributed by atoms with Crippen LogP contribution < -0.4 is 15.0 Å². The molecule has 164 valence electrons. The molecular formula is C24H22ClFN4O2. The first-order valence-corrected chi connectivity index (χ1v) is 10.7. The van der Waals surface area contributed by atoms with Crippen LogP contribution in [0.15, 0.2) is 54.9 Å². The number of aromatic nitrogens is 2. The number of pyridine rings is 1. The quantitative estimate of drug-likeness (QED) is 0.412. The Kier molecular flexibility index (Phi) is 5.59. The smallest absolute Gasteiger partial charge is 0.165 e. The normalized spacial score (nSPS) is 14.0. The molecule has 2 aromatic heterocycles. The van der Waals surface area contributed by atoms with E-state index < -0.39 is 5.82 Å². The molecule has 32 heavy (non-hydrogen) atoms. The van der Waals surface area contributed by atoms with Crippen molar-refractivity contribution in [3.05, 3.63) is 65.7 Å². The lowest BCUT2D eigenvalue weighted by atomic mass is 10.0. The van der Waals surface area contributed by atoms with E-state index in [1.807, 2.05) is 36.5 Å². The number of nitrogens with one attached hydrogen (secondary N) is 2. The lowest BCUT2D eigenvalue weighted by Gasteiger charge is -2.29. The number of hydrogen-bond donors (Lipinski definition) is 2. The monoisotopic (exact) mass is 452 g/mol. The number of hydrogen-bond acceptors (Lipinski definition) is 5. The Hall–Kier alpha value is -3.29. The zero-order valence-corrected chi connectivity index (χ0v) is 18.2. The van der Waals surface area contributed by atoms with Crippen LogP contribution in [0.1, 0.15) is 0 Å². The molecule has 8 heteroatoms. The van der Waals surface area contributed by atoms with Crippen molar-refractivity contribution in [3.8, 4) is 16.9 Å². The van der Waals surface area contributed by atoms with Crippen molar-refractivity contribution in [2.75, 3.05) is 43.6 Å². The van der Waals surface area contributed by atoms with Gasteiger partial charge in [-0.15, -0.1) is 0 Å². The topological polar surface area (TPSA) is 62.4 Å². The minimum absolute atomic E-state index is 0.206. The summed E-state index contributed by atoms with van der Waals surface area (Å²) in [6.45, 7) is 3.06. The Morgan fingerprint density at radius 3 is 2.75 bits per heavy atom. The molecule has 3 heterocycles. The molecule has 0 amide bonds. The molecule has 1 fully saturated rings. The van der Waals surface area contributed by atoms with Gasteiger partial charge in [-0.05, 0) is 30.3 Å². The van der Waals surface area contributed by atoms with Gasteiger partial charge in [0, 0.05) is 41.5 Å². The van der Waals surface area contributed by atoms with Crippen LogP contribution in [0.5, 0.6) is 5.75 Å². The Morgan fingerprint density at radius 1 is 1.12 bits per heavy atom. The maximum atomic E-state index is 14.2. The van der Waals surface area contributed by atoms with Gasteiger partial charge in [-0.25, -0.2) is 9.37 Å². The second-order valence-electron chi connectivity index (χ2n) is 7.53. The minimum Gasteiger partial charge on any atom is -0.493 e. The summed E-state index contributed by atoms with van der Waals surface area (Å²) in [7, 11) is 1.46. The standard InChI is InChI=1S/C24H22ClFN4O2/c1-31-23-17(3-2-4-21(23)26)19-14-28-24-18(19)11-16(13-27-24)29-15-5-6-22(20(25)12-15)30-7-9-32-10-8-30/h2-6,11-14,29H,7-10H2,1H3,(H,27,28). The van der Waals surface area contributed by atoms with Gasteiger partial charge in [0.25, 0.3) is 0 Å². The van der Waals surface area contributed by atoms with Gasteiger partial charge in [-0.3, -0.25) is 0 Å². The van der Waals surface area contributed by atoms with Gasteiger partial charge in [0.15, 0.2) is 11.6 Å². The van der Waals surface area contributed by atoms with Crippen LogP contribution >= 0.6 is 11.6 Å².